The molecular formula is C8H11N3OS. The molecule has 0 saturated heterocycles. The van der Waals surface area contributed by atoms with E-state index in [2.05, 4.69) is 9.97 Å². The third-order valence-electron chi connectivity index (χ3n) is 2.08. The summed E-state index contributed by atoms with van der Waals surface area (Å²) in [5.74, 6) is 2.44. The summed E-state index contributed by atoms with van der Waals surface area (Å²) in [7, 11) is 0. The molecule has 0 spiro atoms. The van der Waals surface area contributed by atoms with E-state index in [9.17, 15) is 4.79 Å². The van der Waals surface area contributed by atoms with Crippen LogP contribution in [0.4, 0.5) is 0 Å². The van der Waals surface area contributed by atoms with E-state index in [0.29, 0.717) is 12.4 Å². The van der Waals surface area contributed by atoms with E-state index in [1.807, 2.05) is 11.8 Å². The molecule has 70 valence electrons. The number of nitrogens with one attached hydrogen (secondary N) is 1. The zero-order chi connectivity index (χ0) is 9.26. The van der Waals surface area contributed by atoms with Gasteiger partial charge < -0.3 is 10.7 Å². The number of thioether (sulfide) groups is 1. The van der Waals surface area contributed by atoms with Gasteiger partial charge in [-0.2, -0.15) is 11.8 Å². The highest BCUT2D eigenvalue weighted by Gasteiger charge is 2.14. The highest BCUT2D eigenvalue weighted by Crippen LogP contribution is 2.19. The molecule has 3 N–H and O–H groups in total. The van der Waals surface area contributed by atoms with Gasteiger partial charge in [-0.15, -0.1) is 0 Å². The summed E-state index contributed by atoms with van der Waals surface area (Å²) < 4.78 is 0. The van der Waals surface area contributed by atoms with Crippen LogP contribution in [-0.2, 0) is 18.7 Å². The number of hydrogen-bond acceptors (Lipinski definition) is 4. The second kappa shape index (κ2) is 3.51. The molecule has 4 nitrogen and oxygen atoms in total. The molecule has 1 aromatic rings. The number of rotatable bonds is 1. The van der Waals surface area contributed by atoms with Crippen molar-refractivity contribution in [2.75, 3.05) is 5.75 Å². The van der Waals surface area contributed by atoms with Gasteiger partial charge in [-0.3, -0.25) is 4.79 Å². The molecule has 0 fully saturated rings. The van der Waals surface area contributed by atoms with Crippen LogP contribution in [0.25, 0.3) is 0 Å². The molecule has 0 bridgehead atoms. The zero-order valence-electron chi connectivity index (χ0n) is 7.17. The molecule has 5 heteroatoms. The quantitative estimate of drug-likeness (QED) is 0.665. The molecule has 2 heterocycles. The van der Waals surface area contributed by atoms with Crippen molar-refractivity contribution in [2.45, 2.75) is 18.7 Å². The maximum atomic E-state index is 11.5. The topological polar surface area (TPSA) is 71.8 Å². The summed E-state index contributed by atoms with van der Waals surface area (Å²) in [5.41, 5.74) is 7.16. The Morgan fingerprint density at radius 2 is 2.46 bits per heavy atom. The lowest BCUT2D eigenvalue weighted by molar-refractivity contribution is 0.837. The monoisotopic (exact) mass is 197 g/mol. The van der Waals surface area contributed by atoms with Crippen LogP contribution >= 0.6 is 11.8 Å². The smallest absolute Gasteiger partial charge is 0.254 e. The number of aromatic amines is 1. The molecule has 13 heavy (non-hydrogen) atoms. The second-order valence-corrected chi connectivity index (χ2v) is 4.05. The molecule has 1 aromatic heterocycles. The molecule has 0 unspecified atom stereocenters. The minimum Gasteiger partial charge on any atom is -0.324 e. The van der Waals surface area contributed by atoms with Crippen molar-refractivity contribution in [1.82, 2.24) is 9.97 Å². The van der Waals surface area contributed by atoms with Gasteiger partial charge in [-0.05, 0) is 12.2 Å². The minimum absolute atomic E-state index is 0.00856. The molecule has 0 saturated carbocycles. The highest BCUT2D eigenvalue weighted by molar-refractivity contribution is 7.98. The summed E-state index contributed by atoms with van der Waals surface area (Å²) in [6, 6.07) is 0. The first kappa shape index (κ1) is 8.77. The van der Waals surface area contributed by atoms with E-state index in [0.717, 1.165) is 29.2 Å². The molecule has 0 radical (unpaired) electrons. The summed E-state index contributed by atoms with van der Waals surface area (Å²) in [5, 5.41) is 0. The Kier molecular flexibility index (Phi) is 2.37. The summed E-state index contributed by atoms with van der Waals surface area (Å²) in [6.45, 7) is 0.299. The van der Waals surface area contributed by atoms with Crippen molar-refractivity contribution >= 4 is 11.8 Å². The highest BCUT2D eigenvalue weighted by atomic mass is 32.2. The van der Waals surface area contributed by atoms with Gasteiger partial charge in [0.1, 0.15) is 5.82 Å². The number of fused-ring (bicyclic) bond motifs is 1. The Labute approximate surface area is 79.9 Å². The first-order chi connectivity index (χ1) is 6.31. The fraction of sp³-hybridized carbons (Fsp3) is 0.500. The molecule has 0 atom stereocenters. The van der Waals surface area contributed by atoms with Gasteiger partial charge >= 0.3 is 0 Å². The van der Waals surface area contributed by atoms with Crippen molar-refractivity contribution in [3.05, 3.63) is 27.4 Å². The Morgan fingerprint density at radius 1 is 1.62 bits per heavy atom. The Bertz CT molecular complexity index is 374. The van der Waals surface area contributed by atoms with E-state index in [1.165, 1.54) is 0 Å². The number of hydrogen-bond donors (Lipinski definition) is 2. The average molecular weight is 197 g/mol. The fourth-order valence-electron chi connectivity index (χ4n) is 1.41. The predicted molar refractivity (Wildman–Crippen MR) is 52.6 cm³/mol. The molecular weight excluding hydrogens is 186 g/mol. The van der Waals surface area contributed by atoms with Crippen LogP contribution in [0.15, 0.2) is 4.79 Å². The third-order valence-corrected chi connectivity index (χ3v) is 3.05. The van der Waals surface area contributed by atoms with Crippen LogP contribution in [-0.4, -0.2) is 15.7 Å². The maximum Gasteiger partial charge on any atom is 0.254 e. The van der Waals surface area contributed by atoms with Crippen LogP contribution in [0, 0.1) is 0 Å². The summed E-state index contributed by atoms with van der Waals surface area (Å²) >= 11 is 1.81. The maximum absolute atomic E-state index is 11.5. The standard InChI is InChI=1S/C8H11N3OS/c9-3-7-10-6-4-13-2-1-5(6)8(12)11-7/h1-4,9H2,(H,10,11,12). The fourth-order valence-corrected chi connectivity index (χ4v) is 2.34. The van der Waals surface area contributed by atoms with Crippen molar-refractivity contribution in [2.24, 2.45) is 5.73 Å². The normalized spacial score (nSPS) is 15.5. The molecule has 1 aliphatic rings. The number of aromatic nitrogens is 2. The Balaban J connectivity index is 2.53. The lowest BCUT2D eigenvalue weighted by Crippen LogP contribution is -2.24. The zero-order valence-corrected chi connectivity index (χ0v) is 7.99. The molecule has 0 aliphatic carbocycles. The lowest BCUT2D eigenvalue weighted by atomic mass is 10.2. The van der Waals surface area contributed by atoms with Crippen LogP contribution in [0.5, 0.6) is 0 Å². The van der Waals surface area contributed by atoms with Gasteiger partial charge in [0.2, 0.25) is 0 Å². The van der Waals surface area contributed by atoms with Gasteiger partial charge in [-0.1, -0.05) is 0 Å². The van der Waals surface area contributed by atoms with Crippen molar-refractivity contribution in [3.63, 3.8) is 0 Å². The van der Waals surface area contributed by atoms with Crippen molar-refractivity contribution in [3.8, 4) is 0 Å². The van der Waals surface area contributed by atoms with Crippen LogP contribution < -0.4 is 11.3 Å². The van der Waals surface area contributed by atoms with E-state index in [1.54, 1.807) is 0 Å². The minimum atomic E-state index is -0.00856. The predicted octanol–water partition coefficient (Wildman–Crippen LogP) is 0.0179. The van der Waals surface area contributed by atoms with Crippen molar-refractivity contribution in [1.29, 1.82) is 0 Å². The third kappa shape index (κ3) is 1.62. The van der Waals surface area contributed by atoms with Gasteiger partial charge in [0.05, 0.1) is 12.2 Å². The van der Waals surface area contributed by atoms with Gasteiger partial charge in [0.25, 0.3) is 5.56 Å². The van der Waals surface area contributed by atoms with E-state index >= 15 is 0 Å². The molecule has 1 aliphatic heterocycles. The van der Waals surface area contributed by atoms with Crippen LogP contribution in [0.2, 0.25) is 0 Å². The molecule has 0 aromatic carbocycles. The lowest BCUT2D eigenvalue weighted by Gasteiger charge is -2.13. The number of nitrogens with two attached hydrogens (primary N) is 1. The van der Waals surface area contributed by atoms with Gasteiger partial charge in [0.15, 0.2) is 0 Å². The first-order valence-electron chi connectivity index (χ1n) is 4.20. The average Bonchev–Trinajstić information content (AvgIpc) is 2.18. The summed E-state index contributed by atoms with van der Waals surface area (Å²) in [4.78, 5) is 18.5. The SMILES string of the molecule is NCc1nc2c(c(=O)[nH]1)CCSC2. The second-order valence-electron chi connectivity index (χ2n) is 2.94. The molecule has 0 amide bonds. The number of nitrogens with zero attached hydrogens (tertiary/aromatic N) is 1. The first-order valence-corrected chi connectivity index (χ1v) is 5.35. The van der Waals surface area contributed by atoms with E-state index < -0.39 is 0 Å². The van der Waals surface area contributed by atoms with Gasteiger partial charge in [-0.25, -0.2) is 4.98 Å². The van der Waals surface area contributed by atoms with E-state index in [-0.39, 0.29) is 5.56 Å². The Morgan fingerprint density at radius 3 is 3.23 bits per heavy atom. The van der Waals surface area contributed by atoms with Crippen LogP contribution in [0.1, 0.15) is 17.1 Å². The Hall–Kier alpha value is -0.810. The van der Waals surface area contributed by atoms with Crippen LogP contribution in [0.3, 0.4) is 0 Å². The number of H-pyrrole nitrogens is 1. The largest absolute Gasteiger partial charge is 0.324 e. The van der Waals surface area contributed by atoms with Gasteiger partial charge in [0, 0.05) is 11.3 Å². The molecule has 2 rings (SSSR count). The van der Waals surface area contributed by atoms with Crippen molar-refractivity contribution < 1.29 is 0 Å². The van der Waals surface area contributed by atoms with E-state index in [4.69, 9.17) is 5.73 Å². The summed E-state index contributed by atoms with van der Waals surface area (Å²) in [6.07, 6.45) is 0.827.